The molecule has 126 valence electrons. The van der Waals surface area contributed by atoms with Crippen molar-refractivity contribution in [1.29, 1.82) is 0 Å². The molecule has 1 aromatic heterocycles. The summed E-state index contributed by atoms with van der Waals surface area (Å²) in [5.74, 6) is 0.518. The van der Waals surface area contributed by atoms with Crippen LogP contribution >= 0.6 is 11.7 Å². The van der Waals surface area contributed by atoms with Crippen molar-refractivity contribution in [2.45, 2.75) is 13.3 Å². The lowest BCUT2D eigenvalue weighted by atomic mass is 10.2. The van der Waals surface area contributed by atoms with E-state index in [9.17, 15) is 8.42 Å². The van der Waals surface area contributed by atoms with Crippen molar-refractivity contribution in [3.8, 4) is 5.75 Å². The maximum Gasteiger partial charge on any atom is 0.236 e. The molecule has 0 unspecified atom stereocenters. The van der Waals surface area contributed by atoms with Gasteiger partial charge in [-0.2, -0.15) is 8.75 Å². The van der Waals surface area contributed by atoms with Gasteiger partial charge in [0.25, 0.3) is 0 Å². The van der Waals surface area contributed by atoms with Gasteiger partial charge in [-0.1, -0.05) is 25.1 Å². The van der Waals surface area contributed by atoms with Crippen LogP contribution in [0.1, 0.15) is 12.5 Å². The summed E-state index contributed by atoms with van der Waals surface area (Å²) in [7, 11) is -3.53. The topological polar surface area (TPSA) is 81.2 Å². The molecule has 0 radical (unpaired) electrons. The van der Waals surface area contributed by atoms with Crippen LogP contribution < -0.4 is 9.46 Å². The average Bonchev–Trinajstić information content (AvgIpc) is 3.05. The molecule has 0 saturated carbocycles. The van der Waals surface area contributed by atoms with Crippen molar-refractivity contribution < 1.29 is 13.2 Å². The minimum Gasteiger partial charge on any atom is -0.492 e. The number of rotatable bonds is 7. The minimum absolute atomic E-state index is 0.0755. The maximum absolute atomic E-state index is 12.2. The lowest BCUT2D eigenvalue weighted by molar-refractivity contribution is 0.341. The second kappa shape index (κ2) is 7.14. The van der Waals surface area contributed by atoms with Crippen molar-refractivity contribution >= 4 is 38.5 Å². The normalized spacial score (nSPS) is 11.5. The van der Waals surface area contributed by atoms with E-state index in [4.69, 9.17) is 4.74 Å². The molecule has 0 spiro atoms. The third-order valence-electron chi connectivity index (χ3n) is 3.50. The first-order valence-corrected chi connectivity index (χ1v) is 9.89. The van der Waals surface area contributed by atoms with E-state index in [0.29, 0.717) is 22.5 Å². The quantitative estimate of drug-likeness (QED) is 0.698. The van der Waals surface area contributed by atoms with Gasteiger partial charge in [-0.25, -0.2) is 8.42 Å². The number of fused-ring (bicyclic) bond motifs is 1. The van der Waals surface area contributed by atoms with Crippen molar-refractivity contribution in [2.75, 3.05) is 17.1 Å². The highest BCUT2D eigenvalue weighted by Gasteiger charge is 2.14. The summed E-state index contributed by atoms with van der Waals surface area (Å²) in [6.07, 6.45) is 0.954. The molecule has 1 N–H and O–H groups in total. The number of benzene rings is 2. The monoisotopic (exact) mass is 363 g/mol. The standard InChI is InChI=1S/C16H17N3O3S2/c1-2-12-6-8-13(9-7-12)22-10-11-24(20,21)19-15-5-3-4-14-16(15)18-23-17-14/h3-9,19H,2,10-11H2,1H3. The largest absolute Gasteiger partial charge is 0.492 e. The molecule has 0 saturated heterocycles. The minimum atomic E-state index is -3.53. The Bertz CT molecular complexity index is 921. The molecule has 0 aliphatic rings. The van der Waals surface area contributed by atoms with Crippen LogP contribution in [0.4, 0.5) is 5.69 Å². The molecule has 0 atom stereocenters. The first-order chi connectivity index (χ1) is 11.6. The van der Waals surface area contributed by atoms with Crippen LogP contribution in [0.5, 0.6) is 5.75 Å². The summed E-state index contributed by atoms with van der Waals surface area (Å²) in [5, 5.41) is 0. The molecule has 0 fully saturated rings. The number of anilines is 1. The van der Waals surface area contributed by atoms with E-state index in [1.807, 2.05) is 24.3 Å². The van der Waals surface area contributed by atoms with Crippen LogP contribution in [0.2, 0.25) is 0 Å². The zero-order valence-electron chi connectivity index (χ0n) is 13.1. The van der Waals surface area contributed by atoms with Gasteiger partial charge in [0.2, 0.25) is 10.0 Å². The van der Waals surface area contributed by atoms with Crippen LogP contribution in [0.25, 0.3) is 11.0 Å². The average molecular weight is 363 g/mol. The van der Waals surface area contributed by atoms with Crippen LogP contribution in [0, 0.1) is 0 Å². The molecule has 8 heteroatoms. The number of ether oxygens (including phenoxy) is 1. The predicted octanol–water partition coefficient (Wildman–Crippen LogP) is 3.07. The molecule has 3 aromatic rings. The van der Waals surface area contributed by atoms with E-state index >= 15 is 0 Å². The van der Waals surface area contributed by atoms with E-state index in [2.05, 4.69) is 20.4 Å². The first kappa shape index (κ1) is 16.7. The smallest absolute Gasteiger partial charge is 0.236 e. The SMILES string of the molecule is CCc1ccc(OCCS(=O)(=O)Nc2cccc3nsnc23)cc1. The number of hydrogen-bond acceptors (Lipinski definition) is 6. The van der Waals surface area contributed by atoms with Crippen molar-refractivity contribution in [3.63, 3.8) is 0 Å². The van der Waals surface area contributed by atoms with E-state index in [1.165, 1.54) is 5.56 Å². The summed E-state index contributed by atoms with van der Waals surface area (Å²) in [4.78, 5) is 0. The fraction of sp³-hybridized carbons (Fsp3) is 0.250. The van der Waals surface area contributed by atoms with Gasteiger partial charge < -0.3 is 4.74 Å². The zero-order chi connectivity index (χ0) is 17.0. The number of nitrogens with one attached hydrogen (secondary N) is 1. The first-order valence-electron chi connectivity index (χ1n) is 7.51. The van der Waals surface area contributed by atoms with Gasteiger partial charge in [0, 0.05) is 0 Å². The molecular formula is C16H17N3O3S2. The second-order valence-corrected chi connectivity index (χ2v) is 7.57. The Balaban J connectivity index is 1.60. The van der Waals surface area contributed by atoms with E-state index < -0.39 is 10.0 Å². The number of aryl methyl sites for hydroxylation is 1. The Kier molecular flexibility index (Phi) is 4.96. The van der Waals surface area contributed by atoms with Gasteiger partial charge >= 0.3 is 0 Å². The van der Waals surface area contributed by atoms with Gasteiger partial charge in [-0.3, -0.25) is 4.72 Å². The second-order valence-electron chi connectivity index (χ2n) is 5.20. The fourth-order valence-corrected chi connectivity index (χ4v) is 3.65. The van der Waals surface area contributed by atoms with Crippen LogP contribution in [-0.2, 0) is 16.4 Å². The lowest BCUT2D eigenvalue weighted by Gasteiger charge is -2.10. The Morgan fingerprint density at radius 1 is 1.12 bits per heavy atom. The molecule has 2 aromatic carbocycles. The van der Waals surface area contributed by atoms with Crippen molar-refractivity contribution in [2.24, 2.45) is 0 Å². The molecule has 3 rings (SSSR count). The molecule has 0 aliphatic carbocycles. The van der Waals surface area contributed by atoms with Gasteiger partial charge in [0.1, 0.15) is 29.1 Å². The number of nitrogens with zero attached hydrogens (tertiary/aromatic N) is 2. The van der Waals surface area contributed by atoms with Crippen molar-refractivity contribution in [1.82, 2.24) is 8.75 Å². The summed E-state index contributed by atoms with van der Waals surface area (Å²) in [6.45, 7) is 2.15. The summed E-state index contributed by atoms with van der Waals surface area (Å²) in [5.41, 5.74) is 2.88. The third kappa shape index (κ3) is 4.01. The molecule has 24 heavy (non-hydrogen) atoms. The highest BCUT2D eigenvalue weighted by Crippen LogP contribution is 2.22. The molecular weight excluding hydrogens is 346 g/mol. The maximum atomic E-state index is 12.2. The van der Waals surface area contributed by atoms with Gasteiger partial charge in [0.05, 0.1) is 17.4 Å². The fourth-order valence-electron chi connectivity index (χ4n) is 2.20. The molecule has 1 heterocycles. The van der Waals surface area contributed by atoms with E-state index in [1.54, 1.807) is 18.2 Å². The van der Waals surface area contributed by atoms with E-state index in [0.717, 1.165) is 18.1 Å². The Hall–Kier alpha value is -2.19. The zero-order valence-corrected chi connectivity index (χ0v) is 14.7. The predicted molar refractivity (Wildman–Crippen MR) is 96.1 cm³/mol. The summed E-state index contributed by atoms with van der Waals surface area (Å²) in [6, 6.07) is 12.8. The lowest BCUT2D eigenvalue weighted by Crippen LogP contribution is -2.21. The van der Waals surface area contributed by atoms with Crippen molar-refractivity contribution in [3.05, 3.63) is 48.0 Å². The number of aromatic nitrogens is 2. The van der Waals surface area contributed by atoms with Gasteiger partial charge in [0.15, 0.2) is 0 Å². The summed E-state index contributed by atoms with van der Waals surface area (Å²) >= 11 is 1.05. The van der Waals surface area contributed by atoms with Crippen LogP contribution in [0.15, 0.2) is 42.5 Å². The van der Waals surface area contributed by atoms with Crippen LogP contribution in [-0.4, -0.2) is 29.5 Å². The molecule has 0 aliphatic heterocycles. The highest BCUT2D eigenvalue weighted by molar-refractivity contribution is 7.92. The number of hydrogen-bond donors (Lipinski definition) is 1. The van der Waals surface area contributed by atoms with Gasteiger partial charge in [-0.15, -0.1) is 0 Å². The third-order valence-corrected chi connectivity index (χ3v) is 5.28. The van der Waals surface area contributed by atoms with Crippen LogP contribution in [0.3, 0.4) is 0 Å². The Labute approximate surface area is 144 Å². The molecule has 6 nitrogen and oxygen atoms in total. The Morgan fingerprint density at radius 3 is 2.67 bits per heavy atom. The Morgan fingerprint density at radius 2 is 1.92 bits per heavy atom. The molecule has 0 amide bonds. The molecule has 0 bridgehead atoms. The highest BCUT2D eigenvalue weighted by atomic mass is 32.2. The summed E-state index contributed by atoms with van der Waals surface area (Å²) < 4.78 is 40.7. The van der Waals surface area contributed by atoms with E-state index in [-0.39, 0.29) is 12.4 Å². The number of sulfonamides is 1. The van der Waals surface area contributed by atoms with Gasteiger partial charge in [-0.05, 0) is 36.2 Å².